The maximum Gasteiger partial charge on any atom is 0.339 e. The van der Waals surface area contributed by atoms with Crippen molar-refractivity contribution in [3.05, 3.63) is 29.8 Å². The topological polar surface area (TPSA) is 76.7 Å². The van der Waals surface area contributed by atoms with Crippen LogP contribution in [0.4, 0.5) is 5.69 Å². The van der Waals surface area contributed by atoms with E-state index >= 15 is 0 Å². The summed E-state index contributed by atoms with van der Waals surface area (Å²) in [7, 11) is 2.92. The Morgan fingerprint density at radius 3 is 2.60 bits per heavy atom. The summed E-state index contributed by atoms with van der Waals surface area (Å²) < 4.78 is 9.54. The van der Waals surface area contributed by atoms with Crippen molar-refractivity contribution in [2.75, 3.05) is 39.2 Å². The van der Waals surface area contributed by atoms with Gasteiger partial charge in [-0.25, -0.2) is 4.79 Å². The number of para-hydroxylation sites is 1. The van der Waals surface area contributed by atoms with Gasteiger partial charge < -0.3 is 20.1 Å². The van der Waals surface area contributed by atoms with Crippen LogP contribution in [-0.4, -0.2) is 45.8 Å². The first kappa shape index (κ1) is 16.0. The highest BCUT2D eigenvalue weighted by molar-refractivity contribution is 5.95. The van der Waals surface area contributed by atoms with Gasteiger partial charge in [-0.1, -0.05) is 12.1 Å². The van der Waals surface area contributed by atoms with Crippen LogP contribution in [0, 0.1) is 0 Å². The van der Waals surface area contributed by atoms with E-state index in [1.165, 1.54) is 7.11 Å². The molecule has 1 rings (SSSR count). The highest BCUT2D eigenvalue weighted by Crippen LogP contribution is 2.15. The van der Waals surface area contributed by atoms with Crippen LogP contribution in [0.5, 0.6) is 0 Å². The smallest absolute Gasteiger partial charge is 0.339 e. The van der Waals surface area contributed by atoms with Crippen molar-refractivity contribution in [3.8, 4) is 0 Å². The van der Waals surface area contributed by atoms with Crippen molar-refractivity contribution in [2.45, 2.75) is 6.42 Å². The molecule has 0 spiro atoms. The monoisotopic (exact) mass is 280 g/mol. The number of ether oxygens (including phenoxy) is 2. The van der Waals surface area contributed by atoms with Gasteiger partial charge in [0.2, 0.25) is 5.91 Å². The summed E-state index contributed by atoms with van der Waals surface area (Å²) in [5.41, 5.74) is 1.11. The van der Waals surface area contributed by atoms with E-state index in [4.69, 9.17) is 9.47 Å². The Balaban J connectivity index is 2.42. The fourth-order valence-corrected chi connectivity index (χ4v) is 1.62. The lowest BCUT2D eigenvalue weighted by atomic mass is 10.2. The van der Waals surface area contributed by atoms with Crippen LogP contribution < -0.4 is 10.6 Å². The van der Waals surface area contributed by atoms with Gasteiger partial charge in [0.05, 0.1) is 19.3 Å². The SMILES string of the molecule is COCCNC(=O)CCNc1ccccc1C(=O)OC. The van der Waals surface area contributed by atoms with Crippen molar-refractivity contribution < 1.29 is 19.1 Å². The molecule has 0 unspecified atom stereocenters. The zero-order valence-corrected chi connectivity index (χ0v) is 11.8. The van der Waals surface area contributed by atoms with Crippen molar-refractivity contribution in [3.63, 3.8) is 0 Å². The predicted molar refractivity (Wildman–Crippen MR) is 75.8 cm³/mol. The molecule has 1 aromatic carbocycles. The van der Waals surface area contributed by atoms with E-state index in [0.29, 0.717) is 37.4 Å². The van der Waals surface area contributed by atoms with E-state index in [2.05, 4.69) is 10.6 Å². The number of hydrogen-bond donors (Lipinski definition) is 2. The van der Waals surface area contributed by atoms with Crippen LogP contribution >= 0.6 is 0 Å². The Kier molecular flexibility index (Phi) is 7.13. The van der Waals surface area contributed by atoms with E-state index in [1.807, 2.05) is 6.07 Å². The summed E-state index contributed by atoms with van der Waals surface area (Å²) in [6.45, 7) is 1.42. The molecule has 1 aromatic rings. The third-order valence-electron chi connectivity index (χ3n) is 2.63. The Hall–Kier alpha value is -2.08. The molecule has 0 saturated carbocycles. The standard InChI is InChI=1S/C14H20N2O4/c1-19-10-9-16-13(17)7-8-15-12-6-4-3-5-11(12)14(18)20-2/h3-6,15H,7-10H2,1-2H3,(H,16,17). The van der Waals surface area contributed by atoms with Crippen molar-refractivity contribution in [1.82, 2.24) is 5.32 Å². The fraction of sp³-hybridized carbons (Fsp3) is 0.429. The molecule has 0 heterocycles. The lowest BCUT2D eigenvalue weighted by molar-refractivity contribution is -0.121. The maximum absolute atomic E-state index is 11.6. The van der Waals surface area contributed by atoms with Crippen LogP contribution in [0.2, 0.25) is 0 Å². The second kappa shape index (κ2) is 8.92. The normalized spacial score (nSPS) is 9.90. The van der Waals surface area contributed by atoms with E-state index < -0.39 is 5.97 Å². The largest absolute Gasteiger partial charge is 0.465 e. The molecule has 110 valence electrons. The molecule has 0 fully saturated rings. The number of nitrogens with one attached hydrogen (secondary N) is 2. The minimum absolute atomic E-state index is 0.0647. The van der Waals surface area contributed by atoms with Gasteiger partial charge in [0.15, 0.2) is 0 Å². The Morgan fingerprint density at radius 2 is 1.90 bits per heavy atom. The molecule has 2 N–H and O–H groups in total. The molecule has 0 aliphatic heterocycles. The maximum atomic E-state index is 11.6. The molecule has 0 aliphatic rings. The number of hydrogen-bond acceptors (Lipinski definition) is 5. The Bertz CT molecular complexity index is 449. The van der Waals surface area contributed by atoms with Crippen molar-refractivity contribution in [1.29, 1.82) is 0 Å². The Labute approximate surface area is 118 Å². The van der Waals surface area contributed by atoms with Gasteiger partial charge in [-0.05, 0) is 12.1 Å². The lowest BCUT2D eigenvalue weighted by Gasteiger charge is -2.10. The molecule has 0 aliphatic carbocycles. The quantitative estimate of drug-likeness (QED) is 0.549. The number of rotatable bonds is 8. The average Bonchev–Trinajstić information content (AvgIpc) is 2.47. The molecular formula is C14H20N2O4. The molecule has 20 heavy (non-hydrogen) atoms. The summed E-state index contributed by atoms with van der Waals surface area (Å²) in [5, 5.41) is 5.78. The van der Waals surface area contributed by atoms with Crippen LogP contribution in [0.15, 0.2) is 24.3 Å². The van der Waals surface area contributed by atoms with E-state index in [0.717, 1.165) is 0 Å². The van der Waals surface area contributed by atoms with Gasteiger partial charge in [0.1, 0.15) is 0 Å². The number of amides is 1. The molecule has 6 heteroatoms. The molecule has 6 nitrogen and oxygen atoms in total. The summed E-state index contributed by atoms with van der Waals surface area (Å²) >= 11 is 0. The van der Waals surface area contributed by atoms with Crippen LogP contribution in [0.1, 0.15) is 16.8 Å². The highest BCUT2D eigenvalue weighted by atomic mass is 16.5. The Morgan fingerprint density at radius 1 is 1.15 bits per heavy atom. The van der Waals surface area contributed by atoms with Gasteiger partial charge >= 0.3 is 5.97 Å². The molecule has 0 aromatic heterocycles. The van der Waals surface area contributed by atoms with Crippen molar-refractivity contribution in [2.24, 2.45) is 0 Å². The van der Waals surface area contributed by atoms with Crippen LogP contribution in [-0.2, 0) is 14.3 Å². The molecule has 0 atom stereocenters. The summed E-state index contributed by atoms with van der Waals surface area (Å²) in [6.07, 6.45) is 0.319. The van der Waals surface area contributed by atoms with Crippen LogP contribution in [0.3, 0.4) is 0 Å². The highest BCUT2D eigenvalue weighted by Gasteiger charge is 2.10. The van der Waals surface area contributed by atoms with Gasteiger partial charge in [0, 0.05) is 32.3 Å². The average molecular weight is 280 g/mol. The molecular weight excluding hydrogens is 260 g/mol. The van der Waals surface area contributed by atoms with Gasteiger partial charge in [-0.3, -0.25) is 4.79 Å². The molecule has 1 amide bonds. The van der Waals surface area contributed by atoms with Gasteiger partial charge in [-0.2, -0.15) is 0 Å². The number of anilines is 1. The fourth-order valence-electron chi connectivity index (χ4n) is 1.62. The number of carbonyl (C=O) groups excluding carboxylic acids is 2. The summed E-state index contributed by atoms with van der Waals surface area (Å²) in [6, 6.07) is 7.02. The minimum Gasteiger partial charge on any atom is -0.465 e. The second-order valence-electron chi connectivity index (χ2n) is 4.06. The molecule has 0 radical (unpaired) electrons. The number of carbonyl (C=O) groups is 2. The van der Waals surface area contributed by atoms with E-state index in [9.17, 15) is 9.59 Å². The summed E-state index contributed by atoms with van der Waals surface area (Å²) in [5.74, 6) is -0.470. The molecule has 0 bridgehead atoms. The number of esters is 1. The third-order valence-corrected chi connectivity index (χ3v) is 2.63. The third kappa shape index (κ3) is 5.27. The van der Waals surface area contributed by atoms with Crippen molar-refractivity contribution >= 4 is 17.6 Å². The minimum atomic E-state index is -0.405. The van der Waals surface area contributed by atoms with E-state index in [1.54, 1.807) is 25.3 Å². The lowest BCUT2D eigenvalue weighted by Crippen LogP contribution is -2.28. The predicted octanol–water partition coefficient (Wildman–Crippen LogP) is 1.04. The first-order chi connectivity index (χ1) is 9.69. The van der Waals surface area contributed by atoms with Gasteiger partial charge in [0.25, 0.3) is 0 Å². The summed E-state index contributed by atoms with van der Waals surface area (Å²) in [4.78, 5) is 23.0. The zero-order valence-electron chi connectivity index (χ0n) is 11.8. The first-order valence-electron chi connectivity index (χ1n) is 6.36. The molecule has 0 saturated heterocycles. The second-order valence-corrected chi connectivity index (χ2v) is 4.06. The zero-order chi connectivity index (χ0) is 14.8. The number of methoxy groups -OCH3 is 2. The van der Waals surface area contributed by atoms with Crippen LogP contribution in [0.25, 0.3) is 0 Å². The van der Waals surface area contributed by atoms with Gasteiger partial charge in [-0.15, -0.1) is 0 Å². The first-order valence-corrected chi connectivity index (χ1v) is 6.36. The number of benzene rings is 1. The van der Waals surface area contributed by atoms with E-state index in [-0.39, 0.29) is 5.91 Å².